The van der Waals surface area contributed by atoms with E-state index in [0.717, 1.165) is 25.0 Å². The third-order valence-corrected chi connectivity index (χ3v) is 3.98. The Morgan fingerprint density at radius 1 is 1.12 bits per heavy atom. The van der Waals surface area contributed by atoms with E-state index in [4.69, 9.17) is 16.3 Å². The van der Waals surface area contributed by atoms with Gasteiger partial charge in [0.25, 0.3) is 0 Å². The lowest BCUT2D eigenvalue weighted by Gasteiger charge is -2.08. The minimum atomic E-state index is 0.747. The zero-order valence-electron chi connectivity index (χ0n) is 9.11. The Labute approximate surface area is 118 Å². The molecule has 88 valence electrons. The summed E-state index contributed by atoms with van der Waals surface area (Å²) < 4.78 is 6.35. The van der Waals surface area contributed by atoms with Crippen molar-refractivity contribution >= 4 is 39.3 Å². The van der Waals surface area contributed by atoms with Crippen LogP contribution in [0.2, 0.25) is 5.02 Å². The molecule has 0 fully saturated rings. The van der Waals surface area contributed by atoms with E-state index >= 15 is 0 Å². The highest BCUT2D eigenvalue weighted by Gasteiger charge is 2.05. The van der Waals surface area contributed by atoms with Crippen LogP contribution in [0.25, 0.3) is 0 Å². The molecule has 2 aromatic carbocycles. The van der Waals surface area contributed by atoms with Gasteiger partial charge in [-0.25, -0.2) is 0 Å². The summed E-state index contributed by atoms with van der Waals surface area (Å²) in [5.74, 6) is 0.860. The maximum Gasteiger partial charge on any atom is 0.133 e. The molecule has 1 nitrogen and oxygen atoms in total. The molecule has 0 heterocycles. The Morgan fingerprint density at radius 3 is 2.47 bits per heavy atom. The van der Waals surface area contributed by atoms with Crippen molar-refractivity contribution in [3.63, 3.8) is 0 Å². The first kappa shape index (κ1) is 12.8. The lowest BCUT2D eigenvalue weighted by atomic mass is 10.3. The van der Waals surface area contributed by atoms with E-state index in [1.54, 1.807) is 18.9 Å². The molecular weight excluding hydrogens is 320 g/mol. The summed E-state index contributed by atoms with van der Waals surface area (Å²) in [6.07, 6.45) is 0. The van der Waals surface area contributed by atoms with Gasteiger partial charge in [0.15, 0.2) is 0 Å². The van der Waals surface area contributed by atoms with Crippen LogP contribution in [0.4, 0.5) is 0 Å². The van der Waals surface area contributed by atoms with Crippen LogP contribution in [-0.4, -0.2) is 7.11 Å². The Hall–Kier alpha value is -0.640. The van der Waals surface area contributed by atoms with Crippen LogP contribution >= 0.6 is 39.3 Å². The van der Waals surface area contributed by atoms with E-state index in [2.05, 4.69) is 15.9 Å². The lowest BCUT2D eigenvalue weighted by Crippen LogP contribution is -1.86. The summed E-state index contributed by atoms with van der Waals surface area (Å²) in [7, 11) is 1.67. The van der Waals surface area contributed by atoms with Gasteiger partial charge in [0.2, 0.25) is 0 Å². The fourth-order valence-corrected chi connectivity index (χ4v) is 2.73. The maximum atomic E-state index is 5.85. The molecule has 0 aliphatic rings. The van der Waals surface area contributed by atoms with Crippen molar-refractivity contribution in [1.82, 2.24) is 0 Å². The predicted octanol–water partition coefficient (Wildman–Crippen LogP) is 5.26. The summed E-state index contributed by atoms with van der Waals surface area (Å²) in [5.41, 5.74) is 0. The van der Waals surface area contributed by atoms with Crippen LogP contribution in [0.5, 0.6) is 5.75 Å². The molecule has 2 aromatic rings. The molecule has 0 aliphatic carbocycles. The summed E-state index contributed by atoms with van der Waals surface area (Å²) in [5, 5.41) is 0.747. The van der Waals surface area contributed by atoms with Gasteiger partial charge in [-0.2, -0.15) is 0 Å². The molecule has 2 rings (SSSR count). The third-order valence-electron chi connectivity index (χ3n) is 2.17. The van der Waals surface area contributed by atoms with Crippen LogP contribution in [-0.2, 0) is 0 Å². The van der Waals surface area contributed by atoms with Gasteiger partial charge in [-0.1, -0.05) is 39.3 Å². The van der Waals surface area contributed by atoms with Crippen molar-refractivity contribution in [1.29, 1.82) is 0 Å². The first-order valence-corrected chi connectivity index (χ1v) is 6.95. The second-order valence-corrected chi connectivity index (χ2v) is 5.82. The van der Waals surface area contributed by atoms with E-state index in [-0.39, 0.29) is 0 Å². The number of rotatable bonds is 3. The lowest BCUT2D eigenvalue weighted by molar-refractivity contribution is 0.404. The van der Waals surface area contributed by atoms with Gasteiger partial charge >= 0.3 is 0 Å². The average Bonchev–Trinajstić information content (AvgIpc) is 2.34. The monoisotopic (exact) mass is 328 g/mol. The first-order chi connectivity index (χ1) is 8.19. The molecule has 0 aromatic heterocycles. The largest absolute Gasteiger partial charge is 0.496 e. The normalized spacial score (nSPS) is 10.3. The molecule has 0 N–H and O–H groups in total. The van der Waals surface area contributed by atoms with Crippen LogP contribution in [0.1, 0.15) is 0 Å². The van der Waals surface area contributed by atoms with Gasteiger partial charge in [-0.05, 0) is 42.5 Å². The summed E-state index contributed by atoms with van der Waals surface area (Å²) in [6.45, 7) is 0. The molecule has 0 unspecified atom stereocenters. The quantitative estimate of drug-likeness (QED) is 0.759. The van der Waals surface area contributed by atoms with Gasteiger partial charge in [0.1, 0.15) is 5.75 Å². The summed E-state index contributed by atoms with van der Waals surface area (Å²) >= 11 is 10.9. The number of halogens is 2. The highest BCUT2D eigenvalue weighted by atomic mass is 79.9. The predicted molar refractivity (Wildman–Crippen MR) is 76.3 cm³/mol. The van der Waals surface area contributed by atoms with Crippen molar-refractivity contribution in [3.05, 3.63) is 52.0 Å². The maximum absolute atomic E-state index is 5.85. The average molecular weight is 330 g/mol. The standard InChI is InChI=1S/C13H10BrClOS/c1-16-12-8-9(14)2-7-13(12)17-11-5-3-10(15)4-6-11/h2-8H,1H3. The Morgan fingerprint density at radius 2 is 1.82 bits per heavy atom. The second-order valence-electron chi connectivity index (χ2n) is 3.35. The van der Waals surface area contributed by atoms with E-state index in [9.17, 15) is 0 Å². The van der Waals surface area contributed by atoms with Gasteiger partial charge in [-0.15, -0.1) is 0 Å². The minimum absolute atomic E-state index is 0.747. The number of benzene rings is 2. The van der Waals surface area contributed by atoms with Gasteiger partial charge in [0.05, 0.1) is 12.0 Å². The van der Waals surface area contributed by atoms with E-state index in [1.807, 2.05) is 42.5 Å². The molecule has 4 heteroatoms. The highest BCUT2D eigenvalue weighted by Crippen LogP contribution is 2.36. The number of ether oxygens (including phenoxy) is 1. The van der Waals surface area contributed by atoms with Crippen LogP contribution in [0.3, 0.4) is 0 Å². The Balaban J connectivity index is 2.26. The smallest absolute Gasteiger partial charge is 0.133 e. The molecule has 0 amide bonds. The van der Waals surface area contributed by atoms with Crippen molar-refractivity contribution in [2.75, 3.05) is 7.11 Å². The molecule has 0 atom stereocenters. The van der Waals surface area contributed by atoms with Crippen molar-refractivity contribution in [2.24, 2.45) is 0 Å². The van der Waals surface area contributed by atoms with Crippen molar-refractivity contribution in [3.8, 4) is 5.75 Å². The van der Waals surface area contributed by atoms with Crippen LogP contribution in [0, 0.1) is 0 Å². The van der Waals surface area contributed by atoms with E-state index in [0.29, 0.717) is 0 Å². The summed E-state index contributed by atoms with van der Waals surface area (Å²) in [6, 6.07) is 13.7. The molecule has 0 aliphatic heterocycles. The second kappa shape index (κ2) is 5.80. The van der Waals surface area contributed by atoms with E-state index in [1.165, 1.54) is 0 Å². The van der Waals surface area contributed by atoms with Gasteiger partial charge in [0, 0.05) is 14.4 Å². The molecule has 0 radical (unpaired) electrons. The summed E-state index contributed by atoms with van der Waals surface area (Å²) in [4.78, 5) is 2.22. The van der Waals surface area contributed by atoms with Crippen molar-refractivity contribution < 1.29 is 4.74 Å². The van der Waals surface area contributed by atoms with E-state index < -0.39 is 0 Å². The third kappa shape index (κ3) is 3.41. The van der Waals surface area contributed by atoms with Crippen LogP contribution in [0.15, 0.2) is 56.7 Å². The van der Waals surface area contributed by atoms with Crippen molar-refractivity contribution in [2.45, 2.75) is 9.79 Å². The SMILES string of the molecule is COc1cc(Br)ccc1Sc1ccc(Cl)cc1. The number of hydrogen-bond donors (Lipinski definition) is 0. The Kier molecular flexibility index (Phi) is 4.37. The zero-order valence-corrected chi connectivity index (χ0v) is 12.3. The minimum Gasteiger partial charge on any atom is -0.496 e. The fraction of sp³-hybridized carbons (Fsp3) is 0.0769. The molecule has 0 bridgehead atoms. The van der Waals surface area contributed by atoms with Crippen LogP contribution < -0.4 is 4.74 Å². The molecule has 0 saturated heterocycles. The number of methoxy groups -OCH3 is 1. The number of hydrogen-bond acceptors (Lipinski definition) is 2. The topological polar surface area (TPSA) is 9.23 Å². The zero-order chi connectivity index (χ0) is 12.3. The first-order valence-electron chi connectivity index (χ1n) is 4.96. The molecule has 0 spiro atoms. The molecule has 17 heavy (non-hydrogen) atoms. The molecule has 0 saturated carbocycles. The highest BCUT2D eigenvalue weighted by molar-refractivity contribution is 9.10. The molecular formula is C13H10BrClOS. The van der Waals surface area contributed by atoms with Gasteiger partial charge in [-0.3, -0.25) is 0 Å². The van der Waals surface area contributed by atoms with Gasteiger partial charge < -0.3 is 4.74 Å². The Bertz CT molecular complexity index is 513. The fourth-order valence-electron chi connectivity index (χ4n) is 1.36.